The molecule has 0 fully saturated rings. The molecule has 0 aliphatic carbocycles. The van der Waals surface area contributed by atoms with Crippen LogP contribution >= 0.6 is 0 Å². The first kappa shape index (κ1) is 13.5. The van der Waals surface area contributed by atoms with Crippen LogP contribution in [0.15, 0.2) is 18.2 Å². The third-order valence-electron chi connectivity index (χ3n) is 3.14. The van der Waals surface area contributed by atoms with E-state index in [1.807, 2.05) is 23.1 Å². The molecule has 0 spiro atoms. The van der Waals surface area contributed by atoms with E-state index >= 15 is 0 Å². The highest BCUT2D eigenvalue weighted by atomic mass is 16.5. The third kappa shape index (κ3) is 2.92. The Hall–Kier alpha value is -1.91. The molecule has 1 aromatic carbocycles. The fourth-order valence-electron chi connectivity index (χ4n) is 2.25. The fraction of sp³-hybridized carbons (Fsp3) is 0.500. The van der Waals surface area contributed by atoms with E-state index in [1.54, 1.807) is 6.92 Å². The van der Waals surface area contributed by atoms with E-state index in [0.29, 0.717) is 18.8 Å². The van der Waals surface area contributed by atoms with Crippen LogP contribution in [-0.4, -0.2) is 31.8 Å². The number of carbonyl (C=O) groups is 1. The van der Waals surface area contributed by atoms with Crippen LogP contribution in [0.2, 0.25) is 0 Å². The highest BCUT2D eigenvalue weighted by Crippen LogP contribution is 2.38. The van der Waals surface area contributed by atoms with Crippen molar-refractivity contribution in [2.75, 3.05) is 30.3 Å². The molecule has 5 nitrogen and oxygen atoms in total. The van der Waals surface area contributed by atoms with Crippen LogP contribution in [0.25, 0.3) is 0 Å². The molecule has 0 aromatic heterocycles. The van der Waals surface area contributed by atoms with Gasteiger partial charge in [0.2, 0.25) is 0 Å². The van der Waals surface area contributed by atoms with Crippen molar-refractivity contribution in [3.63, 3.8) is 0 Å². The van der Waals surface area contributed by atoms with Crippen LogP contribution in [0.1, 0.15) is 20.3 Å². The van der Waals surface area contributed by atoms with Gasteiger partial charge in [-0.05, 0) is 25.5 Å². The van der Waals surface area contributed by atoms with E-state index in [1.165, 1.54) is 0 Å². The van der Waals surface area contributed by atoms with Gasteiger partial charge in [-0.1, -0.05) is 13.0 Å². The lowest BCUT2D eigenvalue weighted by Crippen LogP contribution is -2.43. The van der Waals surface area contributed by atoms with Crippen molar-refractivity contribution in [2.45, 2.75) is 26.4 Å². The van der Waals surface area contributed by atoms with Gasteiger partial charge in [-0.15, -0.1) is 0 Å². The number of nitrogens with zero attached hydrogens (tertiary/aromatic N) is 1. The fourth-order valence-corrected chi connectivity index (χ4v) is 2.25. The van der Waals surface area contributed by atoms with Gasteiger partial charge in [0.15, 0.2) is 0 Å². The molecule has 0 radical (unpaired) electrons. The first-order valence-corrected chi connectivity index (χ1v) is 6.61. The lowest BCUT2D eigenvalue weighted by molar-refractivity contribution is -0.141. The summed E-state index contributed by atoms with van der Waals surface area (Å²) in [5.74, 6) is 0.496. The van der Waals surface area contributed by atoms with E-state index in [4.69, 9.17) is 15.2 Å². The molecule has 0 saturated heterocycles. The Kier molecular flexibility index (Phi) is 4.14. The Morgan fingerprint density at radius 2 is 2.32 bits per heavy atom. The number of nitrogen functional groups attached to an aromatic ring is 1. The number of hydrogen-bond acceptors (Lipinski definition) is 5. The van der Waals surface area contributed by atoms with Gasteiger partial charge in [0.05, 0.1) is 18.8 Å². The smallest absolute Gasteiger partial charge is 0.325 e. The molecule has 1 heterocycles. The molecule has 2 N–H and O–H groups in total. The van der Waals surface area contributed by atoms with Crippen LogP contribution in [0.4, 0.5) is 11.4 Å². The van der Waals surface area contributed by atoms with Crippen molar-refractivity contribution in [1.82, 2.24) is 0 Å². The average Bonchev–Trinajstić information content (AvgIpc) is 2.38. The van der Waals surface area contributed by atoms with E-state index < -0.39 is 0 Å². The van der Waals surface area contributed by atoms with E-state index in [-0.39, 0.29) is 18.6 Å². The molecule has 1 aliphatic heterocycles. The van der Waals surface area contributed by atoms with Crippen LogP contribution in [0, 0.1) is 0 Å². The molecule has 0 amide bonds. The predicted molar refractivity (Wildman–Crippen MR) is 74.4 cm³/mol. The summed E-state index contributed by atoms with van der Waals surface area (Å²) in [6.07, 6.45) is 0.955. The SMILES string of the molecule is CCOC(=O)CN1CC(CC)Oc2cccc(N)c21. The lowest BCUT2D eigenvalue weighted by atomic mass is 10.1. The summed E-state index contributed by atoms with van der Waals surface area (Å²) < 4.78 is 10.9. The minimum absolute atomic E-state index is 0.0729. The van der Waals surface area contributed by atoms with E-state index in [0.717, 1.165) is 17.9 Å². The lowest BCUT2D eigenvalue weighted by Gasteiger charge is -2.36. The van der Waals surface area contributed by atoms with Crippen LogP contribution in [-0.2, 0) is 9.53 Å². The number of carbonyl (C=O) groups excluding carboxylic acids is 1. The van der Waals surface area contributed by atoms with Crippen molar-refractivity contribution in [3.8, 4) is 5.75 Å². The Labute approximate surface area is 113 Å². The molecule has 1 aromatic rings. The van der Waals surface area contributed by atoms with Crippen molar-refractivity contribution < 1.29 is 14.3 Å². The summed E-state index contributed by atoms with van der Waals surface area (Å²) in [6, 6.07) is 5.55. The molecule has 104 valence electrons. The zero-order valence-electron chi connectivity index (χ0n) is 11.4. The molecule has 19 heavy (non-hydrogen) atoms. The van der Waals surface area contributed by atoms with Crippen molar-refractivity contribution in [3.05, 3.63) is 18.2 Å². The Balaban J connectivity index is 2.25. The Morgan fingerprint density at radius 3 is 3.00 bits per heavy atom. The topological polar surface area (TPSA) is 64.8 Å². The molecule has 2 rings (SSSR count). The predicted octanol–water partition coefficient (Wildman–Crippen LogP) is 1.81. The molecule has 0 saturated carbocycles. The zero-order chi connectivity index (χ0) is 13.8. The Bertz CT molecular complexity index is 462. The molecule has 1 atom stereocenters. The highest BCUT2D eigenvalue weighted by Gasteiger charge is 2.27. The molecule has 0 bridgehead atoms. The largest absolute Gasteiger partial charge is 0.486 e. The number of para-hydroxylation sites is 1. The Morgan fingerprint density at radius 1 is 1.53 bits per heavy atom. The summed E-state index contributed by atoms with van der Waals surface area (Å²) in [5, 5.41) is 0. The molecular weight excluding hydrogens is 244 g/mol. The van der Waals surface area contributed by atoms with Crippen LogP contribution < -0.4 is 15.4 Å². The van der Waals surface area contributed by atoms with Gasteiger partial charge in [0, 0.05) is 0 Å². The van der Waals surface area contributed by atoms with Crippen molar-refractivity contribution in [1.29, 1.82) is 0 Å². The van der Waals surface area contributed by atoms with Crippen LogP contribution in [0.3, 0.4) is 0 Å². The average molecular weight is 264 g/mol. The van der Waals surface area contributed by atoms with Crippen molar-refractivity contribution >= 4 is 17.3 Å². The maximum atomic E-state index is 11.7. The number of anilines is 2. The van der Waals surface area contributed by atoms with E-state index in [2.05, 4.69) is 6.92 Å². The van der Waals surface area contributed by atoms with Gasteiger partial charge in [0.25, 0.3) is 0 Å². The number of fused-ring (bicyclic) bond motifs is 1. The number of hydrogen-bond donors (Lipinski definition) is 1. The number of benzene rings is 1. The second-order valence-electron chi connectivity index (χ2n) is 4.53. The second kappa shape index (κ2) is 5.82. The third-order valence-corrected chi connectivity index (χ3v) is 3.14. The van der Waals surface area contributed by atoms with Gasteiger partial charge in [-0.2, -0.15) is 0 Å². The highest BCUT2D eigenvalue weighted by molar-refractivity contribution is 5.82. The standard InChI is InChI=1S/C14H20N2O3/c1-3-10-8-16(9-13(17)18-4-2)14-11(15)6-5-7-12(14)19-10/h5-7,10H,3-4,8-9,15H2,1-2H3. The monoisotopic (exact) mass is 264 g/mol. The summed E-state index contributed by atoms with van der Waals surface area (Å²) in [7, 11) is 0. The number of esters is 1. The second-order valence-corrected chi connectivity index (χ2v) is 4.53. The van der Waals surface area contributed by atoms with Crippen molar-refractivity contribution in [2.24, 2.45) is 0 Å². The number of nitrogens with two attached hydrogens (primary N) is 1. The van der Waals surface area contributed by atoms with Gasteiger partial charge < -0.3 is 20.1 Å². The zero-order valence-corrected chi connectivity index (χ0v) is 11.4. The number of ether oxygens (including phenoxy) is 2. The molecular formula is C14H20N2O3. The molecule has 1 unspecified atom stereocenters. The number of rotatable bonds is 4. The first-order chi connectivity index (χ1) is 9.15. The van der Waals surface area contributed by atoms with E-state index in [9.17, 15) is 4.79 Å². The first-order valence-electron chi connectivity index (χ1n) is 6.61. The summed E-state index contributed by atoms with van der Waals surface area (Å²) in [4.78, 5) is 13.6. The minimum atomic E-state index is -0.242. The summed E-state index contributed by atoms with van der Waals surface area (Å²) >= 11 is 0. The summed E-state index contributed by atoms with van der Waals surface area (Å²) in [5.41, 5.74) is 7.41. The molecule has 5 heteroatoms. The molecule has 1 aliphatic rings. The van der Waals surface area contributed by atoms with Gasteiger partial charge in [0.1, 0.15) is 24.1 Å². The summed E-state index contributed by atoms with van der Waals surface area (Å²) in [6.45, 7) is 5.10. The van der Waals surface area contributed by atoms with Gasteiger partial charge in [-0.25, -0.2) is 0 Å². The minimum Gasteiger partial charge on any atom is -0.486 e. The van der Waals surface area contributed by atoms with Gasteiger partial charge >= 0.3 is 5.97 Å². The quantitative estimate of drug-likeness (QED) is 0.663. The van der Waals surface area contributed by atoms with Gasteiger partial charge in [-0.3, -0.25) is 4.79 Å². The maximum Gasteiger partial charge on any atom is 0.325 e. The van der Waals surface area contributed by atoms with Crippen LogP contribution in [0.5, 0.6) is 5.75 Å². The normalized spacial score (nSPS) is 17.6. The maximum absolute atomic E-state index is 11.7.